The molecule has 2 N–H and O–H groups in total. The molecule has 1 aromatic carbocycles. The van der Waals surface area contributed by atoms with Crippen LogP contribution < -0.4 is 15.4 Å². The Labute approximate surface area is 146 Å². The van der Waals surface area contributed by atoms with E-state index in [-0.39, 0.29) is 30.8 Å². The molecule has 1 heterocycles. The topological polar surface area (TPSA) is 76.7 Å². The molecule has 1 aromatic rings. The Bertz CT molecular complexity index is 548. The highest BCUT2D eigenvalue weighted by Gasteiger charge is 2.21. The number of methoxy groups -OCH3 is 1. The minimum atomic E-state index is -0.487. The van der Waals surface area contributed by atoms with E-state index in [4.69, 9.17) is 16.3 Å². The summed E-state index contributed by atoms with van der Waals surface area (Å²) in [7, 11) is 1.28. The third-order valence-corrected chi connectivity index (χ3v) is 3.78. The molecular weight excluding hydrogens is 343 g/mol. The fourth-order valence-electron chi connectivity index (χ4n) is 2.22. The SMILES string of the molecule is COC(=O)COc1ccc(NC(=O)C2CCNCC2)cc1Cl.Cl. The Morgan fingerprint density at radius 2 is 2.04 bits per heavy atom. The quantitative estimate of drug-likeness (QED) is 0.785. The molecule has 0 aliphatic carbocycles. The predicted octanol–water partition coefficient (Wildman–Crippen LogP) is 2.25. The normalized spacial score (nSPS) is 14.5. The maximum Gasteiger partial charge on any atom is 0.343 e. The van der Waals surface area contributed by atoms with Crippen LogP contribution >= 0.6 is 24.0 Å². The number of rotatable bonds is 5. The summed E-state index contributed by atoms with van der Waals surface area (Å²) >= 11 is 6.09. The van der Waals surface area contributed by atoms with E-state index in [9.17, 15) is 9.59 Å². The van der Waals surface area contributed by atoms with E-state index < -0.39 is 5.97 Å². The van der Waals surface area contributed by atoms with Crippen LogP contribution in [0.15, 0.2) is 18.2 Å². The van der Waals surface area contributed by atoms with E-state index in [1.54, 1.807) is 18.2 Å². The number of amides is 1. The number of hydrogen-bond donors (Lipinski definition) is 2. The summed E-state index contributed by atoms with van der Waals surface area (Å²) < 4.78 is 9.72. The van der Waals surface area contributed by atoms with Crippen molar-refractivity contribution in [3.05, 3.63) is 23.2 Å². The monoisotopic (exact) mass is 362 g/mol. The predicted molar refractivity (Wildman–Crippen MR) is 90.4 cm³/mol. The molecule has 6 nitrogen and oxygen atoms in total. The maximum atomic E-state index is 12.1. The van der Waals surface area contributed by atoms with E-state index in [1.807, 2.05) is 0 Å². The van der Waals surface area contributed by atoms with E-state index in [2.05, 4.69) is 15.4 Å². The van der Waals surface area contributed by atoms with Crippen molar-refractivity contribution in [1.29, 1.82) is 0 Å². The fraction of sp³-hybridized carbons (Fsp3) is 0.467. The number of anilines is 1. The molecule has 0 radical (unpaired) electrons. The van der Waals surface area contributed by atoms with Crippen molar-refractivity contribution >= 4 is 41.6 Å². The van der Waals surface area contributed by atoms with Gasteiger partial charge in [0.25, 0.3) is 0 Å². The Morgan fingerprint density at radius 3 is 2.65 bits per heavy atom. The molecule has 1 fully saturated rings. The summed E-state index contributed by atoms with van der Waals surface area (Å²) in [5, 5.41) is 6.41. The number of carbonyl (C=O) groups is 2. The zero-order chi connectivity index (χ0) is 15.9. The van der Waals surface area contributed by atoms with Crippen LogP contribution in [-0.2, 0) is 14.3 Å². The van der Waals surface area contributed by atoms with Crippen LogP contribution in [0.1, 0.15) is 12.8 Å². The molecular formula is C15H20Cl2N2O4. The lowest BCUT2D eigenvalue weighted by molar-refractivity contribution is -0.142. The third-order valence-electron chi connectivity index (χ3n) is 3.48. The van der Waals surface area contributed by atoms with Gasteiger partial charge in [-0.05, 0) is 44.1 Å². The minimum Gasteiger partial charge on any atom is -0.480 e. The lowest BCUT2D eigenvalue weighted by Gasteiger charge is -2.21. The third kappa shape index (κ3) is 5.89. The van der Waals surface area contributed by atoms with Crippen LogP contribution in [0.3, 0.4) is 0 Å². The summed E-state index contributed by atoms with van der Waals surface area (Å²) in [5.41, 5.74) is 0.610. The van der Waals surface area contributed by atoms with Gasteiger partial charge in [-0.1, -0.05) is 11.6 Å². The Kier molecular flexibility index (Phi) is 8.16. The second-order valence-electron chi connectivity index (χ2n) is 5.02. The zero-order valence-corrected chi connectivity index (χ0v) is 14.3. The summed E-state index contributed by atoms with van der Waals surface area (Å²) in [6, 6.07) is 4.91. The second kappa shape index (κ2) is 9.60. The van der Waals surface area contributed by atoms with Crippen LogP contribution in [0.5, 0.6) is 5.75 Å². The first-order chi connectivity index (χ1) is 10.6. The van der Waals surface area contributed by atoms with Gasteiger partial charge in [-0.3, -0.25) is 4.79 Å². The summed E-state index contributed by atoms with van der Waals surface area (Å²) in [4.78, 5) is 23.2. The number of ether oxygens (including phenoxy) is 2. The van der Waals surface area contributed by atoms with E-state index in [0.717, 1.165) is 25.9 Å². The first-order valence-electron chi connectivity index (χ1n) is 7.11. The molecule has 128 valence electrons. The van der Waals surface area contributed by atoms with Gasteiger partial charge in [0.05, 0.1) is 12.1 Å². The van der Waals surface area contributed by atoms with Crippen LogP contribution in [0, 0.1) is 5.92 Å². The van der Waals surface area contributed by atoms with Crippen LogP contribution in [0.4, 0.5) is 5.69 Å². The summed E-state index contributed by atoms with van der Waals surface area (Å²) in [6.07, 6.45) is 1.67. The Balaban J connectivity index is 0.00000264. The van der Waals surface area contributed by atoms with Crippen molar-refractivity contribution in [2.45, 2.75) is 12.8 Å². The van der Waals surface area contributed by atoms with Crippen molar-refractivity contribution in [3.8, 4) is 5.75 Å². The number of nitrogens with one attached hydrogen (secondary N) is 2. The first kappa shape index (κ1) is 19.5. The van der Waals surface area contributed by atoms with Gasteiger partial charge in [-0.2, -0.15) is 0 Å². The summed E-state index contributed by atoms with van der Waals surface area (Å²) in [5.74, 6) is -0.0950. The molecule has 8 heteroatoms. The van der Waals surface area contributed by atoms with Gasteiger partial charge in [-0.15, -0.1) is 12.4 Å². The lowest BCUT2D eigenvalue weighted by atomic mass is 9.97. The number of piperidine rings is 1. The molecule has 0 atom stereocenters. The average Bonchev–Trinajstić information content (AvgIpc) is 2.54. The van der Waals surface area contributed by atoms with Crippen molar-refractivity contribution in [3.63, 3.8) is 0 Å². The van der Waals surface area contributed by atoms with Gasteiger partial charge >= 0.3 is 5.97 Å². The van der Waals surface area contributed by atoms with E-state index in [1.165, 1.54) is 7.11 Å². The molecule has 0 spiro atoms. The molecule has 1 saturated heterocycles. The maximum absolute atomic E-state index is 12.1. The van der Waals surface area contributed by atoms with Gasteiger partial charge in [0.2, 0.25) is 5.91 Å². The number of hydrogen-bond acceptors (Lipinski definition) is 5. The molecule has 0 saturated carbocycles. The van der Waals surface area contributed by atoms with Gasteiger partial charge in [-0.25, -0.2) is 4.79 Å². The van der Waals surface area contributed by atoms with Gasteiger partial charge in [0.15, 0.2) is 6.61 Å². The second-order valence-corrected chi connectivity index (χ2v) is 5.43. The van der Waals surface area contributed by atoms with Crippen molar-refractivity contribution in [2.24, 2.45) is 5.92 Å². The molecule has 23 heavy (non-hydrogen) atoms. The highest BCUT2D eigenvalue weighted by atomic mass is 35.5. The van der Waals surface area contributed by atoms with Gasteiger partial charge in [0, 0.05) is 11.6 Å². The Hall–Kier alpha value is -1.50. The van der Waals surface area contributed by atoms with Crippen LogP contribution in [0.2, 0.25) is 5.02 Å². The first-order valence-corrected chi connectivity index (χ1v) is 7.48. The molecule has 0 bridgehead atoms. The Morgan fingerprint density at radius 1 is 1.35 bits per heavy atom. The zero-order valence-electron chi connectivity index (χ0n) is 12.8. The number of halogens is 2. The molecule has 1 aliphatic rings. The lowest BCUT2D eigenvalue weighted by Crippen LogP contribution is -2.34. The van der Waals surface area contributed by atoms with Gasteiger partial charge < -0.3 is 20.1 Å². The highest BCUT2D eigenvalue weighted by Crippen LogP contribution is 2.28. The van der Waals surface area contributed by atoms with Crippen molar-refractivity contribution in [2.75, 3.05) is 32.1 Å². The highest BCUT2D eigenvalue weighted by molar-refractivity contribution is 6.32. The number of esters is 1. The van der Waals surface area contributed by atoms with Crippen LogP contribution in [-0.4, -0.2) is 38.7 Å². The van der Waals surface area contributed by atoms with Crippen molar-refractivity contribution in [1.82, 2.24) is 5.32 Å². The fourth-order valence-corrected chi connectivity index (χ4v) is 2.45. The standard InChI is InChI=1S/C15H19ClN2O4.ClH/c1-21-14(19)9-22-13-3-2-11(8-12(13)16)18-15(20)10-4-6-17-7-5-10;/h2-3,8,10,17H,4-7,9H2,1H3,(H,18,20);1H. The van der Waals surface area contributed by atoms with Gasteiger partial charge in [0.1, 0.15) is 5.75 Å². The summed E-state index contributed by atoms with van der Waals surface area (Å²) in [6.45, 7) is 1.51. The smallest absolute Gasteiger partial charge is 0.343 e. The van der Waals surface area contributed by atoms with Crippen molar-refractivity contribution < 1.29 is 19.1 Å². The molecule has 0 aromatic heterocycles. The number of benzene rings is 1. The van der Waals surface area contributed by atoms with E-state index >= 15 is 0 Å². The largest absolute Gasteiger partial charge is 0.480 e. The molecule has 1 aliphatic heterocycles. The average molecular weight is 363 g/mol. The van der Waals surface area contributed by atoms with Crippen LogP contribution in [0.25, 0.3) is 0 Å². The number of carbonyl (C=O) groups excluding carboxylic acids is 2. The molecule has 2 rings (SSSR count). The molecule has 1 amide bonds. The molecule has 0 unspecified atom stereocenters. The van der Waals surface area contributed by atoms with E-state index in [0.29, 0.717) is 16.5 Å². The minimum absolute atomic E-state index is 0.